The van der Waals surface area contributed by atoms with Crippen LogP contribution in [0.15, 0.2) is 12.7 Å². The third-order valence-corrected chi connectivity index (χ3v) is 2.39. The van der Waals surface area contributed by atoms with E-state index < -0.39 is 29.7 Å². The molecule has 0 saturated carbocycles. The number of carboxylic acids is 1. The van der Waals surface area contributed by atoms with Crippen LogP contribution in [0.5, 0.6) is 0 Å². The van der Waals surface area contributed by atoms with Gasteiger partial charge in [0.1, 0.15) is 0 Å². The van der Waals surface area contributed by atoms with Crippen LogP contribution in [-0.2, 0) is 4.79 Å². The lowest BCUT2D eigenvalue weighted by Gasteiger charge is -2.35. The molecule has 0 aromatic heterocycles. The molecule has 0 aliphatic carbocycles. The topological polar surface area (TPSA) is 89.9 Å². The largest absolute Gasteiger partial charge is 0.480 e. The van der Waals surface area contributed by atoms with E-state index in [9.17, 15) is 14.7 Å². The van der Waals surface area contributed by atoms with Gasteiger partial charge < -0.3 is 20.4 Å². The molecule has 0 aliphatic heterocycles. The van der Waals surface area contributed by atoms with E-state index in [1.54, 1.807) is 6.08 Å². The first-order valence-electron chi connectivity index (χ1n) is 5.71. The average molecular weight is 258 g/mol. The Morgan fingerprint density at radius 2 is 1.94 bits per heavy atom. The third kappa shape index (κ3) is 4.75. The van der Waals surface area contributed by atoms with Crippen molar-refractivity contribution >= 4 is 12.0 Å². The Kier molecular flexibility index (Phi) is 5.84. The van der Waals surface area contributed by atoms with E-state index in [1.807, 2.05) is 20.8 Å². The molecule has 0 aromatic rings. The predicted octanol–water partition coefficient (Wildman–Crippen LogP) is 0.816. The van der Waals surface area contributed by atoms with Crippen LogP contribution < -0.4 is 5.32 Å². The van der Waals surface area contributed by atoms with Gasteiger partial charge in [0.05, 0.1) is 6.10 Å². The SMILES string of the molecule is C=CCN(C(=O)N[C@H](C(=O)O)[C@@H](C)O)C(C)(C)C. The Balaban J connectivity index is 4.89. The van der Waals surface area contributed by atoms with E-state index >= 15 is 0 Å². The van der Waals surface area contributed by atoms with Gasteiger partial charge in [-0.15, -0.1) is 6.58 Å². The van der Waals surface area contributed by atoms with Gasteiger partial charge >= 0.3 is 12.0 Å². The number of nitrogens with zero attached hydrogens (tertiary/aromatic N) is 1. The van der Waals surface area contributed by atoms with Crippen LogP contribution in [0, 0.1) is 0 Å². The molecule has 0 radical (unpaired) electrons. The number of carboxylic acid groups (broad SMARTS) is 1. The van der Waals surface area contributed by atoms with Crippen LogP contribution in [0.4, 0.5) is 4.79 Å². The van der Waals surface area contributed by atoms with Gasteiger partial charge in [0.15, 0.2) is 6.04 Å². The second-order valence-electron chi connectivity index (χ2n) is 5.08. The molecular formula is C12H22N2O4. The summed E-state index contributed by atoms with van der Waals surface area (Å²) in [5, 5.41) is 20.5. The maximum absolute atomic E-state index is 12.0. The molecule has 18 heavy (non-hydrogen) atoms. The fourth-order valence-electron chi connectivity index (χ4n) is 1.39. The predicted molar refractivity (Wildman–Crippen MR) is 68.3 cm³/mol. The van der Waals surface area contributed by atoms with E-state index in [0.29, 0.717) is 6.54 Å². The van der Waals surface area contributed by atoms with Gasteiger partial charge in [0.2, 0.25) is 0 Å². The second-order valence-corrected chi connectivity index (χ2v) is 5.08. The van der Waals surface area contributed by atoms with Crippen molar-refractivity contribution in [3.05, 3.63) is 12.7 Å². The molecule has 0 heterocycles. The zero-order valence-corrected chi connectivity index (χ0v) is 11.3. The highest BCUT2D eigenvalue weighted by atomic mass is 16.4. The number of hydrogen-bond acceptors (Lipinski definition) is 3. The number of carbonyl (C=O) groups excluding carboxylic acids is 1. The number of aliphatic hydroxyl groups excluding tert-OH is 1. The molecule has 0 saturated heterocycles. The van der Waals surface area contributed by atoms with Gasteiger partial charge in [0.25, 0.3) is 0 Å². The van der Waals surface area contributed by atoms with Gasteiger partial charge in [-0.2, -0.15) is 0 Å². The van der Waals surface area contributed by atoms with Crippen molar-refractivity contribution in [2.24, 2.45) is 0 Å². The van der Waals surface area contributed by atoms with E-state index in [4.69, 9.17) is 5.11 Å². The minimum absolute atomic E-state index is 0.293. The maximum atomic E-state index is 12.0. The Hall–Kier alpha value is -1.56. The molecule has 0 bridgehead atoms. The number of aliphatic hydroxyl groups is 1. The van der Waals surface area contributed by atoms with E-state index in [-0.39, 0.29) is 0 Å². The Labute approximate surface area is 107 Å². The first-order chi connectivity index (χ1) is 8.11. The normalized spacial score (nSPS) is 14.5. The summed E-state index contributed by atoms with van der Waals surface area (Å²) >= 11 is 0. The highest BCUT2D eigenvalue weighted by Crippen LogP contribution is 2.13. The molecule has 0 rings (SSSR count). The third-order valence-electron chi connectivity index (χ3n) is 2.39. The van der Waals surface area contributed by atoms with Crippen molar-refractivity contribution in [2.75, 3.05) is 6.54 Å². The van der Waals surface area contributed by atoms with Crippen molar-refractivity contribution in [2.45, 2.75) is 45.4 Å². The first kappa shape index (κ1) is 16.4. The highest BCUT2D eigenvalue weighted by molar-refractivity contribution is 5.83. The number of amides is 2. The second kappa shape index (κ2) is 6.39. The lowest BCUT2D eigenvalue weighted by molar-refractivity contribution is -0.141. The molecule has 6 nitrogen and oxygen atoms in total. The lowest BCUT2D eigenvalue weighted by atomic mass is 10.1. The summed E-state index contributed by atoms with van der Waals surface area (Å²) in [6, 6.07) is -1.87. The van der Waals surface area contributed by atoms with E-state index in [2.05, 4.69) is 11.9 Å². The number of carbonyl (C=O) groups is 2. The maximum Gasteiger partial charge on any atom is 0.328 e. The number of rotatable bonds is 5. The van der Waals surface area contributed by atoms with E-state index in [0.717, 1.165) is 0 Å². The fourth-order valence-corrected chi connectivity index (χ4v) is 1.39. The van der Waals surface area contributed by atoms with Crippen LogP contribution in [0.25, 0.3) is 0 Å². The molecule has 0 spiro atoms. The minimum atomic E-state index is -1.33. The summed E-state index contributed by atoms with van der Waals surface area (Å²) in [7, 11) is 0. The summed E-state index contributed by atoms with van der Waals surface area (Å²) in [4.78, 5) is 24.3. The number of urea groups is 1. The smallest absolute Gasteiger partial charge is 0.328 e. The molecule has 0 aliphatic rings. The summed E-state index contributed by atoms with van der Waals surface area (Å²) in [5.74, 6) is -1.27. The molecule has 0 fully saturated rings. The quantitative estimate of drug-likeness (QED) is 0.637. The van der Waals surface area contributed by atoms with Crippen molar-refractivity contribution in [1.29, 1.82) is 0 Å². The van der Waals surface area contributed by atoms with Crippen molar-refractivity contribution in [3.63, 3.8) is 0 Å². The van der Waals surface area contributed by atoms with Gasteiger partial charge in [0, 0.05) is 12.1 Å². The summed E-state index contributed by atoms with van der Waals surface area (Å²) in [5.41, 5.74) is -0.472. The molecule has 104 valence electrons. The van der Waals surface area contributed by atoms with Gasteiger partial charge in [-0.25, -0.2) is 9.59 Å². The molecule has 0 unspecified atom stereocenters. The first-order valence-corrected chi connectivity index (χ1v) is 5.71. The monoisotopic (exact) mass is 258 g/mol. The molecule has 2 atom stereocenters. The van der Waals surface area contributed by atoms with Crippen LogP contribution in [0.3, 0.4) is 0 Å². The van der Waals surface area contributed by atoms with E-state index in [1.165, 1.54) is 11.8 Å². The van der Waals surface area contributed by atoms with Crippen LogP contribution in [0.1, 0.15) is 27.7 Å². The molecular weight excluding hydrogens is 236 g/mol. The van der Waals surface area contributed by atoms with Gasteiger partial charge in [-0.3, -0.25) is 0 Å². The molecule has 0 aromatic carbocycles. The van der Waals surface area contributed by atoms with Crippen LogP contribution in [0.2, 0.25) is 0 Å². The summed E-state index contributed by atoms with van der Waals surface area (Å²) in [6.45, 7) is 10.6. The summed E-state index contributed by atoms with van der Waals surface area (Å²) < 4.78 is 0. The molecule has 3 N–H and O–H groups in total. The van der Waals surface area contributed by atoms with Gasteiger partial charge in [-0.05, 0) is 27.7 Å². The lowest BCUT2D eigenvalue weighted by Crippen LogP contribution is -2.56. The number of nitrogens with one attached hydrogen (secondary N) is 1. The Bertz CT molecular complexity index is 321. The fraction of sp³-hybridized carbons (Fsp3) is 0.667. The van der Waals surface area contributed by atoms with Crippen molar-refractivity contribution in [1.82, 2.24) is 10.2 Å². The van der Waals surface area contributed by atoms with Crippen molar-refractivity contribution < 1.29 is 19.8 Å². The average Bonchev–Trinajstić information content (AvgIpc) is 2.19. The highest BCUT2D eigenvalue weighted by Gasteiger charge is 2.31. The molecule has 6 heteroatoms. The Morgan fingerprint density at radius 1 is 1.44 bits per heavy atom. The number of hydrogen-bond donors (Lipinski definition) is 3. The van der Waals surface area contributed by atoms with Crippen LogP contribution in [-0.4, -0.2) is 51.3 Å². The van der Waals surface area contributed by atoms with Crippen molar-refractivity contribution in [3.8, 4) is 0 Å². The zero-order chi connectivity index (χ0) is 14.5. The minimum Gasteiger partial charge on any atom is -0.480 e. The number of aliphatic carboxylic acids is 1. The zero-order valence-electron chi connectivity index (χ0n) is 11.3. The summed E-state index contributed by atoms with van der Waals surface area (Å²) in [6.07, 6.45) is 0.389. The Morgan fingerprint density at radius 3 is 2.22 bits per heavy atom. The van der Waals surface area contributed by atoms with Gasteiger partial charge in [-0.1, -0.05) is 6.08 Å². The molecule has 2 amide bonds. The standard InChI is InChI=1S/C12H22N2O4/c1-6-7-14(12(3,4)5)11(18)13-9(8(2)15)10(16)17/h6,8-9,15H,1,7H2,2-5H3,(H,13,18)(H,16,17)/t8-,9+/m1/s1. The van der Waals surface area contributed by atoms with Crippen LogP contribution >= 0.6 is 0 Å².